The van der Waals surface area contributed by atoms with Gasteiger partial charge in [-0.1, -0.05) is 42.5 Å². The van der Waals surface area contributed by atoms with Gasteiger partial charge in [0.1, 0.15) is 11.4 Å². The summed E-state index contributed by atoms with van der Waals surface area (Å²) in [5, 5.41) is 12.5. The van der Waals surface area contributed by atoms with Crippen molar-refractivity contribution in [3.05, 3.63) is 65.2 Å². The van der Waals surface area contributed by atoms with Crippen LogP contribution in [0.15, 0.2) is 48.5 Å². The van der Waals surface area contributed by atoms with Crippen LogP contribution in [0.25, 0.3) is 0 Å². The Kier molecular flexibility index (Phi) is 5.62. The summed E-state index contributed by atoms with van der Waals surface area (Å²) in [6, 6.07) is 15.6. The Morgan fingerprint density at radius 1 is 1.19 bits per heavy atom. The highest BCUT2D eigenvalue weighted by atomic mass is 16.5. The topological polar surface area (TPSA) is 58.6 Å². The summed E-state index contributed by atoms with van der Waals surface area (Å²) in [5.41, 5.74) is 3.11. The lowest BCUT2D eigenvalue weighted by Crippen LogP contribution is -2.40. The van der Waals surface area contributed by atoms with Gasteiger partial charge in [-0.25, -0.2) is 0 Å². The first-order valence-electron chi connectivity index (χ1n) is 9.20. The van der Waals surface area contributed by atoms with E-state index in [-0.39, 0.29) is 24.2 Å². The first-order chi connectivity index (χ1) is 12.4. The predicted octanol–water partition coefficient (Wildman–Crippen LogP) is 3.05. The molecule has 0 bridgehead atoms. The van der Waals surface area contributed by atoms with E-state index in [0.717, 1.165) is 35.3 Å². The molecule has 0 spiro atoms. The van der Waals surface area contributed by atoms with Gasteiger partial charge in [0, 0.05) is 0 Å². The lowest BCUT2D eigenvalue weighted by molar-refractivity contribution is -0.121. The number of rotatable bonds is 6. The summed E-state index contributed by atoms with van der Waals surface area (Å²) in [5.74, 6) is 0.847. The van der Waals surface area contributed by atoms with E-state index in [0.29, 0.717) is 12.8 Å². The zero-order valence-electron chi connectivity index (χ0n) is 15.5. The number of ether oxygens (including phenoxy) is 1. The first kappa shape index (κ1) is 18.5. The normalized spacial score (nSPS) is 16.3. The van der Waals surface area contributed by atoms with Gasteiger partial charge in [0.15, 0.2) is 0 Å². The highest BCUT2D eigenvalue weighted by Crippen LogP contribution is 2.33. The first-order valence-corrected chi connectivity index (χ1v) is 9.20. The minimum absolute atomic E-state index is 0.0722. The number of hydrogen-bond donors (Lipinski definition) is 2. The maximum Gasteiger partial charge on any atom is 0.224 e. The number of fused-ring (bicyclic) bond motifs is 1. The quantitative estimate of drug-likeness (QED) is 0.839. The molecule has 0 saturated carbocycles. The van der Waals surface area contributed by atoms with Crippen molar-refractivity contribution < 1.29 is 14.6 Å². The average Bonchev–Trinajstić information content (AvgIpc) is 2.61. The second kappa shape index (κ2) is 7.92. The summed E-state index contributed by atoms with van der Waals surface area (Å²) >= 11 is 0. The summed E-state index contributed by atoms with van der Waals surface area (Å²) in [7, 11) is 0. The Morgan fingerprint density at radius 2 is 1.96 bits per heavy atom. The lowest BCUT2D eigenvalue weighted by Gasteiger charge is -2.32. The number of aliphatic hydroxyl groups is 1. The van der Waals surface area contributed by atoms with Crippen molar-refractivity contribution in [2.75, 3.05) is 6.61 Å². The van der Waals surface area contributed by atoms with Crippen LogP contribution in [0.3, 0.4) is 0 Å². The fraction of sp³-hybridized carbons (Fsp3) is 0.409. The fourth-order valence-corrected chi connectivity index (χ4v) is 3.35. The van der Waals surface area contributed by atoms with Crippen molar-refractivity contribution in [1.82, 2.24) is 5.32 Å². The maximum absolute atomic E-state index is 12.4. The number of aryl methyl sites for hydroxylation is 1. The molecule has 1 aliphatic heterocycles. The van der Waals surface area contributed by atoms with Crippen LogP contribution in [0.5, 0.6) is 5.75 Å². The molecule has 1 amide bonds. The van der Waals surface area contributed by atoms with Crippen LogP contribution < -0.4 is 10.1 Å². The van der Waals surface area contributed by atoms with Crippen molar-refractivity contribution in [3.8, 4) is 5.75 Å². The summed E-state index contributed by atoms with van der Waals surface area (Å²) < 4.78 is 5.99. The van der Waals surface area contributed by atoms with Gasteiger partial charge >= 0.3 is 0 Å². The van der Waals surface area contributed by atoms with E-state index in [1.807, 2.05) is 42.5 Å². The molecular formula is C22H27NO3. The lowest BCUT2D eigenvalue weighted by atomic mass is 9.93. The standard InChI is InChI=1S/C22H27NO3/c1-22(2)11-10-18-12-17(8-9-20(18)26-22)14-21(25)23-19(15-24)13-16-6-4-3-5-7-16/h3-9,12,19,24H,10-11,13-15H2,1-2H3,(H,23,25)/t19-/m0/s1. The SMILES string of the molecule is CC1(C)CCc2cc(CC(=O)N[C@H](CO)Cc3ccccc3)ccc2O1. The smallest absolute Gasteiger partial charge is 0.224 e. The van der Waals surface area contributed by atoms with Crippen molar-refractivity contribution in [1.29, 1.82) is 0 Å². The monoisotopic (exact) mass is 353 g/mol. The molecular weight excluding hydrogens is 326 g/mol. The van der Waals surface area contributed by atoms with E-state index in [1.54, 1.807) is 0 Å². The number of nitrogens with one attached hydrogen (secondary N) is 1. The van der Waals surface area contributed by atoms with E-state index in [9.17, 15) is 9.90 Å². The summed E-state index contributed by atoms with van der Waals surface area (Å²) in [6.45, 7) is 4.12. The van der Waals surface area contributed by atoms with Crippen LogP contribution in [0.4, 0.5) is 0 Å². The van der Waals surface area contributed by atoms with Crippen molar-refractivity contribution >= 4 is 5.91 Å². The summed E-state index contributed by atoms with van der Waals surface area (Å²) in [4.78, 5) is 12.4. The number of amides is 1. The van der Waals surface area contributed by atoms with Gasteiger partial charge in [0.25, 0.3) is 0 Å². The van der Waals surface area contributed by atoms with Gasteiger partial charge < -0.3 is 15.2 Å². The third kappa shape index (κ3) is 4.85. The number of benzene rings is 2. The third-order valence-corrected chi connectivity index (χ3v) is 4.78. The van der Waals surface area contributed by atoms with Crippen LogP contribution in [0.1, 0.15) is 37.0 Å². The minimum Gasteiger partial charge on any atom is -0.488 e. The van der Waals surface area contributed by atoms with Gasteiger partial charge in [-0.05, 0) is 55.9 Å². The van der Waals surface area contributed by atoms with Crippen LogP contribution >= 0.6 is 0 Å². The van der Waals surface area contributed by atoms with E-state index in [1.165, 1.54) is 0 Å². The molecule has 3 rings (SSSR count). The predicted molar refractivity (Wildman–Crippen MR) is 102 cm³/mol. The van der Waals surface area contributed by atoms with Crippen LogP contribution in [-0.2, 0) is 24.1 Å². The number of hydrogen-bond acceptors (Lipinski definition) is 3. The van der Waals surface area contributed by atoms with E-state index in [4.69, 9.17) is 4.74 Å². The molecule has 2 aromatic carbocycles. The van der Waals surface area contributed by atoms with Crippen molar-refractivity contribution in [2.45, 2.75) is 51.2 Å². The zero-order chi connectivity index (χ0) is 18.6. The van der Waals surface area contributed by atoms with Gasteiger partial charge in [-0.2, -0.15) is 0 Å². The second-order valence-electron chi connectivity index (χ2n) is 7.62. The molecule has 1 heterocycles. The molecule has 4 heteroatoms. The Labute approximate surface area is 155 Å². The van der Waals surface area contributed by atoms with Gasteiger partial charge in [0.05, 0.1) is 19.1 Å². The molecule has 26 heavy (non-hydrogen) atoms. The van der Waals surface area contributed by atoms with Gasteiger partial charge in [-0.3, -0.25) is 4.79 Å². The highest BCUT2D eigenvalue weighted by molar-refractivity contribution is 5.79. The second-order valence-corrected chi connectivity index (χ2v) is 7.62. The van der Waals surface area contributed by atoms with E-state index >= 15 is 0 Å². The van der Waals surface area contributed by atoms with Crippen LogP contribution in [0.2, 0.25) is 0 Å². The summed E-state index contributed by atoms with van der Waals surface area (Å²) in [6.07, 6.45) is 2.86. The molecule has 4 nitrogen and oxygen atoms in total. The molecule has 0 aromatic heterocycles. The van der Waals surface area contributed by atoms with Crippen LogP contribution in [0, 0.1) is 0 Å². The van der Waals surface area contributed by atoms with Gasteiger partial charge in [-0.15, -0.1) is 0 Å². The molecule has 1 atom stereocenters. The van der Waals surface area contributed by atoms with E-state index in [2.05, 4.69) is 25.2 Å². The molecule has 2 N–H and O–H groups in total. The molecule has 1 aliphatic rings. The molecule has 2 aromatic rings. The zero-order valence-corrected chi connectivity index (χ0v) is 15.5. The maximum atomic E-state index is 12.4. The third-order valence-electron chi connectivity index (χ3n) is 4.78. The molecule has 0 radical (unpaired) electrons. The molecule has 0 aliphatic carbocycles. The molecule has 138 valence electrons. The Hall–Kier alpha value is -2.33. The number of aliphatic hydroxyl groups excluding tert-OH is 1. The Morgan fingerprint density at radius 3 is 2.69 bits per heavy atom. The van der Waals surface area contributed by atoms with Crippen molar-refractivity contribution in [3.63, 3.8) is 0 Å². The average molecular weight is 353 g/mol. The van der Waals surface area contributed by atoms with Gasteiger partial charge in [0.2, 0.25) is 5.91 Å². The number of carbonyl (C=O) groups excluding carboxylic acids is 1. The van der Waals surface area contributed by atoms with E-state index < -0.39 is 0 Å². The van der Waals surface area contributed by atoms with Crippen molar-refractivity contribution in [2.24, 2.45) is 0 Å². The molecule has 0 unspecified atom stereocenters. The highest BCUT2D eigenvalue weighted by Gasteiger charge is 2.26. The molecule has 0 fully saturated rings. The molecule has 0 saturated heterocycles. The Bertz CT molecular complexity index is 755. The minimum atomic E-state index is -0.272. The van der Waals surface area contributed by atoms with Crippen LogP contribution in [-0.4, -0.2) is 29.3 Å². The number of carbonyl (C=O) groups is 1. The largest absolute Gasteiger partial charge is 0.488 e. The fourth-order valence-electron chi connectivity index (χ4n) is 3.35. The Balaban J connectivity index is 1.59.